The average molecular weight is 1740 g/mol. The molecule has 0 amide bonds. The maximum atomic E-state index is 10.7. The Morgan fingerprint density at radius 2 is 0.405 bits per heavy atom. The number of rotatable bonds is 8. The molecule has 0 spiro atoms. The van der Waals surface area contributed by atoms with E-state index in [1.54, 1.807) is 0 Å². The summed E-state index contributed by atoms with van der Waals surface area (Å²) in [6.07, 6.45) is 0. The van der Waals surface area contributed by atoms with E-state index < -0.39 is 50.2 Å². The number of alkyl halides is 3. The van der Waals surface area contributed by atoms with E-state index in [0.29, 0.717) is 0 Å². The second-order valence-corrected chi connectivity index (χ2v) is 34.9. The van der Waals surface area contributed by atoms with E-state index in [1.165, 1.54) is 28.6 Å². The molecule has 0 aliphatic carbocycles. The molecule has 0 saturated carbocycles. The summed E-state index contributed by atoms with van der Waals surface area (Å²) in [5.74, 6) is 0. The van der Waals surface area contributed by atoms with Gasteiger partial charge in [-0.1, -0.05) is 146 Å². The summed E-state index contributed by atoms with van der Waals surface area (Å²) in [4.78, 5) is 0. The Bertz CT molecular complexity index is 2500. The number of hydrogen-bond donors (Lipinski definition) is 0. The predicted molar refractivity (Wildman–Crippen MR) is 253 cm³/mol. The Balaban J connectivity index is 0.000000461. The fraction of sp³-hybridized carbons (Fsp3) is 0.0204. The van der Waals surface area contributed by atoms with E-state index in [2.05, 4.69) is 243 Å². The van der Waals surface area contributed by atoms with E-state index in [0.717, 1.165) is 0 Å². The third-order valence-electron chi connectivity index (χ3n) is 7.02. The standard InChI is InChI=1S/4C12H10I.CHF3O3S.BF4.F6P.6FH.Sb/c4*1-3-7-11(8-4-1)13-12-9-5-2-6-10-12;2-1(3,4)8(5,6)7;2-1(3,4)5;1-7(2,3,4,5)6;;;;;;;/h4*1-10H;(H,5,6,7);;;6*1H;/q4*+1;;2*-1;;;;;;;+5/p-7. The first-order chi connectivity index (χ1) is 35.9. The van der Waals surface area contributed by atoms with Gasteiger partial charge in [0, 0.05) is 0 Å². The molecule has 8 rings (SSSR count). The van der Waals surface area contributed by atoms with E-state index in [-0.39, 0.29) is 84.8 Å². The van der Waals surface area contributed by atoms with Crippen LogP contribution < -0.4 is 84.8 Å². The van der Waals surface area contributed by atoms with Gasteiger partial charge in [0.15, 0.2) is 38.7 Å². The molecule has 0 saturated heterocycles. The molecule has 0 unspecified atom stereocenters. The third-order valence-corrected chi connectivity index (χ3v) is 18.3. The summed E-state index contributed by atoms with van der Waals surface area (Å²) in [6, 6.07) is 85.6. The zero-order valence-corrected chi connectivity index (χ0v) is 52.3. The first-order valence-corrected chi connectivity index (χ1v) is 38.8. The molecule has 79 heavy (non-hydrogen) atoms. The van der Waals surface area contributed by atoms with Crippen LogP contribution in [-0.4, -0.2) is 45.2 Å². The molecule has 0 heterocycles. The fourth-order valence-electron chi connectivity index (χ4n) is 4.33. The molecule has 0 N–H and O–H groups in total. The Morgan fingerprint density at radius 3 is 0.468 bits per heavy atom. The van der Waals surface area contributed by atoms with Crippen LogP contribution in [0, 0.1) is 28.6 Å². The zero-order valence-electron chi connectivity index (χ0n) is 39.4. The molecule has 0 radical (unpaired) electrons. The van der Waals surface area contributed by atoms with Gasteiger partial charge in [-0.25, -0.2) is 8.42 Å². The maximum absolute atomic E-state index is 11.2. The summed E-state index contributed by atoms with van der Waals surface area (Å²) in [6.45, 7) is 0. The average Bonchev–Trinajstić information content (AvgIpc) is 3.32. The molecule has 434 valence electrons. The number of halogens is 23. The molecular weight excluding hydrogens is 1700 g/mol. The van der Waals surface area contributed by atoms with E-state index in [1.807, 2.05) is 0 Å². The van der Waals surface area contributed by atoms with Gasteiger partial charge >= 0.3 is 167 Å². The van der Waals surface area contributed by atoms with Crippen LogP contribution in [0.15, 0.2) is 243 Å². The van der Waals surface area contributed by atoms with Gasteiger partial charge in [-0.15, -0.1) is 0 Å². The Morgan fingerprint density at radius 1 is 0.329 bits per heavy atom. The smallest absolute Gasteiger partial charge is 0.0619 e. The normalized spacial score (nSPS) is 12.8. The topological polar surface area (TPSA) is 57.2 Å². The molecule has 0 aliphatic rings. The molecule has 3 nitrogen and oxygen atoms in total. The van der Waals surface area contributed by atoms with Gasteiger partial charge in [0.05, 0.1) is 0 Å². The third kappa shape index (κ3) is 53.6. The second-order valence-electron chi connectivity index (χ2n) is 14.1. The number of hydrogen-bond acceptors (Lipinski definition) is 3. The van der Waals surface area contributed by atoms with Crippen LogP contribution in [0.3, 0.4) is 0 Å². The molecule has 0 fully saturated rings. The van der Waals surface area contributed by atoms with Crippen molar-refractivity contribution in [3.05, 3.63) is 271 Å². The van der Waals surface area contributed by atoms with Gasteiger partial charge in [-0.2, -0.15) is 13.2 Å². The molecule has 8 aromatic rings. The summed E-state index contributed by atoms with van der Waals surface area (Å²) in [5, 5.41) is 0. The van der Waals surface area contributed by atoms with Crippen LogP contribution in [0.2, 0.25) is 0 Å². The maximum Gasteiger partial charge on any atom is 0.357 e. The van der Waals surface area contributed by atoms with E-state index >= 15 is 0 Å². The molecule has 0 atom stereocenters. The second kappa shape index (κ2) is 31.9. The first-order valence-electron chi connectivity index (χ1n) is 21.0. The van der Waals surface area contributed by atoms with Gasteiger partial charge in [0.25, 0.3) is 0 Å². The van der Waals surface area contributed by atoms with Crippen molar-refractivity contribution < 1.29 is 170 Å². The summed E-state index contributed by atoms with van der Waals surface area (Å²) in [5.41, 5.74) is -5.65. The number of benzene rings is 8. The Hall–Kier alpha value is -3.43. The predicted octanol–water partition coefficient (Wildman–Crippen LogP) is 6.13. The van der Waals surface area contributed by atoms with E-state index in [9.17, 15) is 72.5 Å². The van der Waals surface area contributed by atoms with Gasteiger partial charge in [0.1, 0.15) is 0 Å². The Kier molecular flexibility index (Phi) is 29.7. The zero-order chi connectivity index (χ0) is 60.0. The van der Waals surface area contributed by atoms with E-state index in [4.69, 9.17) is 13.0 Å². The van der Waals surface area contributed by atoms with Crippen molar-refractivity contribution in [2.75, 3.05) is 0 Å². The van der Waals surface area contributed by atoms with Crippen molar-refractivity contribution in [2.24, 2.45) is 0 Å². The van der Waals surface area contributed by atoms with Crippen LogP contribution in [0.25, 0.3) is 0 Å². The summed E-state index contributed by atoms with van der Waals surface area (Å²) in [7, 11) is -22.7. The minimum atomic E-state index is -11.2. The van der Waals surface area contributed by atoms with Gasteiger partial charge < -0.3 is 21.8 Å². The summed E-state index contributed by atoms with van der Waals surface area (Å²) < 4.78 is 228. The molecular formula is C49H40BF19I4O3PSSb. The van der Waals surface area contributed by atoms with Crippen LogP contribution >= 0.6 is 7.81 Å². The molecule has 0 aromatic heterocycles. The van der Waals surface area contributed by atoms with Crippen molar-refractivity contribution in [3.8, 4) is 0 Å². The monoisotopic (exact) mass is 1740 g/mol. The minimum Gasteiger partial charge on any atom is -0.0619 e. The summed E-state index contributed by atoms with van der Waals surface area (Å²) >= 11 is -11.1. The fourth-order valence-corrected chi connectivity index (χ4v) is 13.4. The SMILES string of the molecule is F[B-](F)(F)F.F[P-](F)(F)(F)(F)F.O=S(=O)([O-])C(F)(F)F.[F][Sb-]([F])([F])([F])([F])[F].c1ccc([I+]c2ccccc2)cc1.c1ccc([I+]c2ccccc2)cc1.c1ccc([I+]c2ccccc2)cc1.c1ccc([I+]c2ccccc2)cc1. The van der Waals surface area contributed by atoms with Gasteiger partial charge in [-0.05, 0) is 97.1 Å². The van der Waals surface area contributed by atoms with Crippen LogP contribution in [-0.2, 0) is 10.1 Å². The van der Waals surface area contributed by atoms with Crippen LogP contribution in [0.1, 0.15) is 0 Å². The van der Waals surface area contributed by atoms with Crippen molar-refractivity contribution in [1.29, 1.82) is 0 Å². The first kappa shape index (κ1) is 73.6. The van der Waals surface area contributed by atoms with Crippen LogP contribution in [0.5, 0.6) is 0 Å². The van der Waals surface area contributed by atoms with Crippen molar-refractivity contribution in [3.63, 3.8) is 0 Å². The van der Waals surface area contributed by atoms with Gasteiger partial charge in [0.2, 0.25) is 0 Å². The molecule has 0 aliphatic heterocycles. The Labute approximate surface area is 486 Å². The molecule has 30 heteroatoms. The van der Waals surface area contributed by atoms with Crippen molar-refractivity contribution >= 4 is 44.7 Å². The van der Waals surface area contributed by atoms with Crippen LogP contribution in [0.4, 0.5) is 72.5 Å². The minimum absolute atomic E-state index is 0.0287. The quantitative estimate of drug-likeness (QED) is 0.0460. The van der Waals surface area contributed by atoms with Gasteiger partial charge in [-0.3, -0.25) is 0 Å². The largest absolute Gasteiger partial charge is 0.357 e. The van der Waals surface area contributed by atoms with Crippen molar-refractivity contribution in [2.45, 2.75) is 5.51 Å². The van der Waals surface area contributed by atoms with Crippen molar-refractivity contribution in [1.82, 2.24) is 0 Å². The molecule has 8 aromatic carbocycles. The molecule has 0 bridgehead atoms.